The number of nitrogens with zero attached hydrogens (tertiary/aromatic N) is 1. The van der Waals surface area contributed by atoms with E-state index in [1.807, 2.05) is 17.5 Å². The van der Waals surface area contributed by atoms with Gasteiger partial charge in [0.15, 0.2) is 5.03 Å². The predicted octanol–water partition coefficient (Wildman–Crippen LogP) is 0.793. The van der Waals surface area contributed by atoms with E-state index in [9.17, 15) is 13.5 Å². The van der Waals surface area contributed by atoms with Gasteiger partial charge in [0.2, 0.25) is 0 Å². The summed E-state index contributed by atoms with van der Waals surface area (Å²) in [6, 6.07) is 3.88. The van der Waals surface area contributed by atoms with Crippen LogP contribution < -0.4 is 4.72 Å². The summed E-state index contributed by atoms with van der Waals surface area (Å²) in [6.07, 6.45) is 0.634. The van der Waals surface area contributed by atoms with E-state index in [-0.39, 0.29) is 11.6 Å². The molecule has 0 spiro atoms. The van der Waals surface area contributed by atoms with Crippen LogP contribution in [0.1, 0.15) is 16.1 Å². The second-order valence-corrected chi connectivity index (χ2v) is 6.73. The zero-order valence-electron chi connectivity index (χ0n) is 10.4. The highest BCUT2D eigenvalue weighted by atomic mass is 32.2. The molecule has 2 heterocycles. The Kier molecular flexibility index (Phi) is 4.35. The minimum absolute atomic E-state index is 0.126. The number of aliphatic hydroxyl groups excluding tert-OH is 1. The zero-order valence-corrected chi connectivity index (χ0v) is 12.0. The lowest BCUT2D eigenvalue weighted by atomic mass is 10.3. The molecule has 8 heteroatoms. The van der Waals surface area contributed by atoms with E-state index < -0.39 is 10.0 Å². The summed E-state index contributed by atoms with van der Waals surface area (Å²) in [5, 5.41) is 17.3. The Labute approximate surface area is 115 Å². The largest absolute Gasteiger partial charge is 0.392 e. The summed E-state index contributed by atoms with van der Waals surface area (Å²) >= 11 is 1.58. The molecule has 3 N–H and O–H groups in total. The summed E-state index contributed by atoms with van der Waals surface area (Å²) in [6.45, 7) is 1.62. The number of rotatable bonds is 6. The van der Waals surface area contributed by atoms with Crippen LogP contribution in [0.5, 0.6) is 0 Å². The Balaban J connectivity index is 2.05. The van der Waals surface area contributed by atoms with E-state index >= 15 is 0 Å². The number of aryl methyl sites for hydroxylation is 1. The van der Waals surface area contributed by atoms with Crippen LogP contribution in [0.3, 0.4) is 0 Å². The molecule has 6 nitrogen and oxygen atoms in total. The van der Waals surface area contributed by atoms with Crippen molar-refractivity contribution < 1.29 is 13.5 Å². The highest BCUT2D eigenvalue weighted by molar-refractivity contribution is 7.89. The van der Waals surface area contributed by atoms with Crippen molar-refractivity contribution in [2.24, 2.45) is 0 Å². The molecule has 0 aliphatic rings. The molecule has 0 aromatic carbocycles. The minimum Gasteiger partial charge on any atom is -0.392 e. The van der Waals surface area contributed by atoms with Gasteiger partial charge in [0.1, 0.15) is 0 Å². The third kappa shape index (κ3) is 3.21. The Bertz CT molecular complexity index is 632. The molecule has 0 aliphatic carbocycles. The Morgan fingerprint density at radius 1 is 1.53 bits per heavy atom. The molecule has 0 radical (unpaired) electrons. The van der Waals surface area contributed by atoms with Crippen molar-refractivity contribution in [2.45, 2.75) is 25.0 Å². The zero-order chi connectivity index (χ0) is 13.9. The molecule has 2 rings (SSSR count). The van der Waals surface area contributed by atoms with Gasteiger partial charge in [-0.1, -0.05) is 6.07 Å². The first-order valence-electron chi connectivity index (χ1n) is 5.71. The van der Waals surface area contributed by atoms with Crippen LogP contribution in [-0.4, -0.2) is 30.3 Å². The van der Waals surface area contributed by atoms with Crippen molar-refractivity contribution in [1.29, 1.82) is 0 Å². The fourth-order valence-electron chi connectivity index (χ4n) is 1.67. The van der Waals surface area contributed by atoms with Gasteiger partial charge in [-0.05, 0) is 24.8 Å². The van der Waals surface area contributed by atoms with Crippen LogP contribution in [0.25, 0.3) is 0 Å². The minimum atomic E-state index is -3.68. The second-order valence-electron chi connectivity index (χ2n) is 4.02. The highest BCUT2D eigenvalue weighted by Crippen LogP contribution is 2.16. The van der Waals surface area contributed by atoms with Crippen molar-refractivity contribution >= 4 is 21.4 Å². The number of aromatic nitrogens is 2. The molecule has 2 aromatic rings. The summed E-state index contributed by atoms with van der Waals surface area (Å²) in [5.41, 5.74) is 0.866. The quantitative estimate of drug-likeness (QED) is 0.735. The monoisotopic (exact) mass is 301 g/mol. The Hall–Kier alpha value is -1.22. The van der Waals surface area contributed by atoms with Crippen molar-refractivity contribution in [2.75, 3.05) is 6.54 Å². The van der Waals surface area contributed by atoms with Gasteiger partial charge in [-0.2, -0.15) is 5.10 Å². The molecule has 0 bridgehead atoms. The Morgan fingerprint density at radius 2 is 2.32 bits per heavy atom. The van der Waals surface area contributed by atoms with Crippen molar-refractivity contribution in [3.63, 3.8) is 0 Å². The van der Waals surface area contributed by atoms with Crippen LogP contribution in [0.4, 0.5) is 0 Å². The SMILES string of the molecule is Cc1[nH]nc(S(=O)(=O)NCCc2cccs2)c1CO. The third-order valence-electron chi connectivity index (χ3n) is 2.69. The summed E-state index contributed by atoms with van der Waals surface area (Å²) in [5.74, 6) is 0. The molecule has 0 saturated heterocycles. The molecule has 0 aliphatic heterocycles. The molecule has 19 heavy (non-hydrogen) atoms. The molecule has 104 valence electrons. The highest BCUT2D eigenvalue weighted by Gasteiger charge is 2.22. The standard InChI is InChI=1S/C11H15N3O3S2/c1-8-10(7-15)11(14-13-8)19(16,17)12-5-4-9-3-2-6-18-9/h2-3,6,12,15H,4-5,7H2,1H3,(H,13,14). The molecule has 2 aromatic heterocycles. The number of aromatic amines is 1. The van der Waals surface area contributed by atoms with Gasteiger partial charge in [-0.15, -0.1) is 11.3 Å². The van der Waals surface area contributed by atoms with Gasteiger partial charge in [-0.25, -0.2) is 13.1 Å². The smallest absolute Gasteiger partial charge is 0.260 e. The Morgan fingerprint density at radius 3 is 2.95 bits per heavy atom. The van der Waals surface area contributed by atoms with Crippen LogP contribution in [0, 0.1) is 6.92 Å². The maximum atomic E-state index is 12.1. The lowest BCUT2D eigenvalue weighted by Gasteiger charge is -2.05. The van der Waals surface area contributed by atoms with E-state index in [0.29, 0.717) is 24.2 Å². The third-order valence-corrected chi connectivity index (χ3v) is 5.06. The summed E-state index contributed by atoms with van der Waals surface area (Å²) in [7, 11) is -3.68. The van der Waals surface area contributed by atoms with E-state index in [1.54, 1.807) is 18.3 Å². The number of nitrogens with one attached hydrogen (secondary N) is 2. The van der Waals surface area contributed by atoms with Gasteiger partial charge in [0.05, 0.1) is 6.61 Å². The molecule has 0 saturated carbocycles. The van der Waals surface area contributed by atoms with E-state index in [1.165, 1.54) is 0 Å². The van der Waals surface area contributed by atoms with Gasteiger partial charge in [0, 0.05) is 22.7 Å². The number of sulfonamides is 1. The number of thiophene rings is 1. The maximum Gasteiger partial charge on any atom is 0.260 e. The molecule has 0 unspecified atom stereocenters. The molecule has 0 fully saturated rings. The number of aliphatic hydroxyl groups is 1. The number of hydrogen-bond donors (Lipinski definition) is 3. The topological polar surface area (TPSA) is 95.1 Å². The van der Waals surface area contributed by atoms with Gasteiger partial charge in [-0.3, -0.25) is 5.10 Å². The first-order valence-corrected chi connectivity index (χ1v) is 8.07. The normalized spacial score (nSPS) is 11.9. The predicted molar refractivity (Wildman–Crippen MR) is 72.5 cm³/mol. The van der Waals surface area contributed by atoms with Gasteiger partial charge in [0.25, 0.3) is 10.0 Å². The van der Waals surface area contributed by atoms with Gasteiger partial charge >= 0.3 is 0 Å². The van der Waals surface area contributed by atoms with E-state index in [4.69, 9.17) is 0 Å². The van der Waals surface area contributed by atoms with Crippen molar-refractivity contribution in [3.8, 4) is 0 Å². The average molecular weight is 301 g/mol. The van der Waals surface area contributed by atoms with Crippen LogP contribution in [0.2, 0.25) is 0 Å². The summed E-state index contributed by atoms with van der Waals surface area (Å²) in [4.78, 5) is 1.11. The van der Waals surface area contributed by atoms with Crippen LogP contribution in [-0.2, 0) is 23.1 Å². The van der Waals surface area contributed by atoms with Crippen molar-refractivity contribution in [1.82, 2.24) is 14.9 Å². The van der Waals surface area contributed by atoms with Crippen LogP contribution in [0.15, 0.2) is 22.5 Å². The van der Waals surface area contributed by atoms with Crippen molar-refractivity contribution in [3.05, 3.63) is 33.6 Å². The second kappa shape index (κ2) is 5.83. The average Bonchev–Trinajstić information content (AvgIpc) is 2.98. The number of hydrogen-bond acceptors (Lipinski definition) is 5. The molecular formula is C11H15N3O3S2. The van der Waals surface area contributed by atoms with Gasteiger partial charge < -0.3 is 5.11 Å². The van der Waals surface area contributed by atoms with E-state index in [2.05, 4.69) is 14.9 Å². The molecule has 0 amide bonds. The van der Waals surface area contributed by atoms with Crippen LogP contribution >= 0.6 is 11.3 Å². The summed E-state index contributed by atoms with van der Waals surface area (Å²) < 4.78 is 26.6. The van der Waals surface area contributed by atoms with E-state index in [0.717, 1.165) is 4.88 Å². The molecule has 0 atom stereocenters. The lowest BCUT2D eigenvalue weighted by Crippen LogP contribution is -2.27. The maximum absolute atomic E-state index is 12.1. The first kappa shape index (κ1) is 14.2. The lowest BCUT2D eigenvalue weighted by molar-refractivity contribution is 0.277. The molecular weight excluding hydrogens is 286 g/mol. The fraction of sp³-hybridized carbons (Fsp3) is 0.364. The first-order chi connectivity index (χ1) is 9.04. The fourth-order valence-corrected chi connectivity index (χ4v) is 3.59. The number of H-pyrrole nitrogens is 1.